The summed E-state index contributed by atoms with van der Waals surface area (Å²) in [6.07, 6.45) is -19.9. The zero-order valence-electron chi connectivity index (χ0n) is 43.8. The third-order valence-electron chi connectivity index (χ3n) is 14.6. The number of para-hydroxylation sites is 1. The van der Waals surface area contributed by atoms with Crippen molar-refractivity contribution in [2.45, 2.75) is 52.4 Å². The van der Waals surface area contributed by atoms with Crippen LogP contribution in [0.2, 0.25) is 0 Å². The average Bonchev–Trinajstić information content (AvgIpc) is 2.37. The molecule has 0 saturated heterocycles. The van der Waals surface area contributed by atoms with Crippen LogP contribution in [0.25, 0.3) is 105 Å². The quantitative estimate of drug-likeness (QED) is 0.134. The van der Waals surface area contributed by atoms with E-state index in [-0.39, 0.29) is 33.9 Å². The molecule has 0 atom stereocenters. The highest BCUT2D eigenvalue weighted by Gasteiger charge is 2.38. The van der Waals surface area contributed by atoms with Crippen molar-refractivity contribution >= 4 is 21.8 Å². The average molecular weight is 1120 g/mol. The number of hydrogen-bond acceptors (Lipinski definition) is 0. The largest absolute Gasteiger partial charge is 0.416 e. The van der Waals surface area contributed by atoms with Crippen LogP contribution in [0.3, 0.4) is 0 Å². The van der Waals surface area contributed by atoms with Crippen LogP contribution in [0.1, 0.15) is 44.5 Å². The van der Waals surface area contributed by atoms with Crippen molar-refractivity contribution in [3.63, 3.8) is 0 Å². The van der Waals surface area contributed by atoms with E-state index in [2.05, 4.69) is 0 Å². The van der Waals surface area contributed by atoms with Gasteiger partial charge in [0.2, 0.25) is 0 Å². The number of aromatic nitrogens is 1. The van der Waals surface area contributed by atoms with Crippen LogP contribution in [-0.4, -0.2) is 4.57 Å². The van der Waals surface area contributed by atoms with E-state index in [4.69, 9.17) is 0 Å². The smallest absolute Gasteiger partial charge is 0.309 e. The van der Waals surface area contributed by atoms with Crippen LogP contribution >= 0.6 is 0 Å². The maximum absolute atomic E-state index is 15.8. The molecular formula is C68H44F13N. The number of alkyl halides is 12. The highest BCUT2D eigenvalue weighted by Crippen LogP contribution is 2.46. The van der Waals surface area contributed by atoms with Gasteiger partial charge in [-0.3, -0.25) is 0 Å². The zero-order valence-corrected chi connectivity index (χ0v) is 43.8. The molecule has 0 bridgehead atoms. The summed E-state index contributed by atoms with van der Waals surface area (Å²) in [6, 6.07) is 48.1. The number of benzene rings is 10. The molecule has 14 heteroatoms. The highest BCUT2D eigenvalue weighted by molar-refractivity contribution is 6.12. The predicted octanol–water partition coefficient (Wildman–Crippen LogP) is 21.9. The Morgan fingerprint density at radius 2 is 0.573 bits per heavy atom. The molecule has 1 nitrogen and oxygen atoms in total. The summed E-state index contributed by atoms with van der Waals surface area (Å²) in [6.45, 7) is 6.91. The van der Waals surface area contributed by atoms with Crippen LogP contribution in [-0.2, 0) is 24.7 Å². The van der Waals surface area contributed by atoms with Gasteiger partial charge in [-0.1, -0.05) is 90.0 Å². The first-order chi connectivity index (χ1) is 38.6. The summed E-state index contributed by atoms with van der Waals surface area (Å²) in [5.41, 5.74) is 3.65. The van der Waals surface area contributed by atoms with E-state index in [1.165, 1.54) is 37.3 Å². The Kier molecular flexibility index (Phi) is 13.6. The summed E-state index contributed by atoms with van der Waals surface area (Å²) in [5.74, 6) is -0.495. The maximum atomic E-state index is 15.8. The first kappa shape index (κ1) is 55.0. The first-order valence-corrected chi connectivity index (χ1v) is 25.7. The topological polar surface area (TPSA) is 4.93 Å². The lowest BCUT2D eigenvalue weighted by atomic mass is 9.90. The fourth-order valence-corrected chi connectivity index (χ4v) is 11.0. The third-order valence-corrected chi connectivity index (χ3v) is 14.6. The van der Waals surface area contributed by atoms with Crippen LogP contribution in [0.4, 0.5) is 57.1 Å². The van der Waals surface area contributed by atoms with Gasteiger partial charge in [0.15, 0.2) is 0 Å². The number of hydrogen-bond donors (Lipinski definition) is 0. The molecule has 1 aromatic heterocycles. The molecule has 412 valence electrons. The molecule has 0 aliphatic carbocycles. The second-order valence-corrected chi connectivity index (χ2v) is 20.7. The Morgan fingerprint density at radius 1 is 0.268 bits per heavy atom. The molecule has 82 heavy (non-hydrogen) atoms. The van der Waals surface area contributed by atoms with E-state index in [0.717, 1.165) is 41.0 Å². The third kappa shape index (κ3) is 10.9. The molecule has 0 aliphatic rings. The second kappa shape index (κ2) is 20.3. The summed E-state index contributed by atoms with van der Waals surface area (Å²) in [5, 5.41) is 1.15. The Balaban J connectivity index is 1.19. The lowest BCUT2D eigenvalue weighted by molar-refractivity contribution is -0.143. The molecule has 11 rings (SSSR count). The van der Waals surface area contributed by atoms with Crippen LogP contribution in [0.5, 0.6) is 0 Å². The predicted molar refractivity (Wildman–Crippen MR) is 298 cm³/mol. The van der Waals surface area contributed by atoms with E-state index in [1.54, 1.807) is 73.7 Å². The number of halogens is 13. The lowest BCUT2D eigenvalue weighted by Crippen LogP contribution is -2.11. The van der Waals surface area contributed by atoms with Crippen molar-refractivity contribution in [3.05, 3.63) is 244 Å². The van der Waals surface area contributed by atoms with E-state index < -0.39 is 58.3 Å². The first-order valence-electron chi connectivity index (χ1n) is 25.7. The van der Waals surface area contributed by atoms with Gasteiger partial charge in [-0.15, -0.1) is 0 Å². The van der Waals surface area contributed by atoms with Crippen molar-refractivity contribution in [1.82, 2.24) is 4.57 Å². The Morgan fingerprint density at radius 3 is 0.963 bits per heavy atom. The number of rotatable bonds is 8. The number of nitrogens with zero attached hydrogens (tertiary/aromatic N) is 1. The van der Waals surface area contributed by atoms with Crippen LogP contribution < -0.4 is 0 Å². The number of fused-ring (bicyclic) bond motifs is 3. The SMILES string of the molecule is Cc1cc(C)cc(-c2cc(-c3cc(C)cc(C(F)(F)F)c3)cc(-c3ccc4c(c3)c3cc(-c5cc(-c6cc(C)cc(C(F)(F)F)c6)cc(-c6cc(C(F)(F)F)cc(C(F)(F)F)c6)c5)ccc3n4-c3ccccc3-c3ccccc3F)c2)c1. The second-order valence-electron chi connectivity index (χ2n) is 20.7. The van der Waals surface area contributed by atoms with Crippen molar-refractivity contribution in [3.8, 4) is 83.6 Å². The molecule has 10 aromatic carbocycles. The molecule has 0 spiro atoms. The summed E-state index contributed by atoms with van der Waals surface area (Å²) < 4.78 is 190. The van der Waals surface area contributed by atoms with Gasteiger partial charge in [-0.05, 0) is 221 Å². The van der Waals surface area contributed by atoms with Crippen LogP contribution in [0.15, 0.2) is 194 Å². The van der Waals surface area contributed by atoms with Crippen LogP contribution in [0, 0.1) is 33.5 Å². The maximum Gasteiger partial charge on any atom is 0.416 e. The Hall–Kier alpha value is -8.91. The molecule has 0 unspecified atom stereocenters. The minimum absolute atomic E-state index is 0.000424. The fraction of sp³-hybridized carbons (Fsp3) is 0.118. The molecule has 0 radical (unpaired) electrons. The van der Waals surface area contributed by atoms with Crippen molar-refractivity contribution in [2.24, 2.45) is 0 Å². The van der Waals surface area contributed by atoms with Crippen molar-refractivity contribution < 1.29 is 57.1 Å². The molecule has 11 aromatic rings. The standard InChI is InChI=1S/C68H44F13N/c1-37-17-38(2)19-43(18-37)48-24-46(25-49(28-48)44-20-39(3)22-53(30-44)65(70,71)72)41-13-15-63-59(34-41)60-35-42(14-16-64(60)82(63)62-12-8-6-10-58(62)57-9-5-7-11-61(57)69)47-26-50(45-21-40(4)23-54(31-45)66(73,74)75)29-51(27-47)52-32-55(67(76,77)78)36-56(33-52)68(79,80)81/h5-36H,1-4H3. The van der Waals surface area contributed by atoms with Gasteiger partial charge in [0.1, 0.15) is 5.82 Å². The molecule has 0 fully saturated rings. The van der Waals surface area contributed by atoms with E-state index in [0.29, 0.717) is 89.7 Å². The van der Waals surface area contributed by atoms with Gasteiger partial charge in [0.05, 0.1) is 39.0 Å². The van der Waals surface area contributed by atoms with Gasteiger partial charge in [-0.25, -0.2) is 4.39 Å². The summed E-state index contributed by atoms with van der Waals surface area (Å²) >= 11 is 0. The van der Waals surface area contributed by atoms with Crippen molar-refractivity contribution in [1.29, 1.82) is 0 Å². The normalized spacial score (nSPS) is 12.5. The molecule has 1 heterocycles. The Bertz CT molecular complexity index is 4290. The summed E-state index contributed by atoms with van der Waals surface area (Å²) in [4.78, 5) is 0. The number of aryl methyl sites for hydroxylation is 4. The molecule has 0 amide bonds. The van der Waals surface area contributed by atoms with Gasteiger partial charge < -0.3 is 4.57 Å². The van der Waals surface area contributed by atoms with Gasteiger partial charge >= 0.3 is 24.7 Å². The summed E-state index contributed by atoms with van der Waals surface area (Å²) in [7, 11) is 0. The molecule has 0 saturated carbocycles. The monoisotopic (exact) mass is 1120 g/mol. The van der Waals surface area contributed by atoms with Gasteiger partial charge in [0.25, 0.3) is 0 Å². The van der Waals surface area contributed by atoms with E-state index in [1.807, 2.05) is 73.0 Å². The molecule has 0 aliphatic heterocycles. The minimum atomic E-state index is -5.21. The van der Waals surface area contributed by atoms with E-state index >= 15 is 4.39 Å². The lowest BCUT2D eigenvalue weighted by Gasteiger charge is -2.17. The van der Waals surface area contributed by atoms with Gasteiger partial charge in [-0.2, -0.15) is 52.7 Å². The Labute approximate surface area is 462 Å². The fourth-order valence-electron chi connectivity index (χ4n) is 11.0. The van der Waals surface area contributed by atoms with E-state index in [9.17, 15) is 52.7 Å². The van der Waals surface area contributed by atoms with Crippen molar-refractivity contribution in [2.75, 3.05) is 0 Å². The molecular weight excluding hydrogens is 1080 g/mol. The minimum Gasteiger partial charge on any atom is -0.309 e. The zero-order chi connectivity index (χ0) is 58.4. The van der Waals surface area contributed by atoms with Gasteiger partial charge in [0, 0.05) is 21.9 Å². The molecule has 0 N–H and O–H groups in total. The highest BCUT2D eigenvalue weighted by atomic mass is 19.4.